The highest BCUT2D eigenvalue weighted by Crippen LogP contribution is 2.29. The summed E-state index contributed by atoms with van der Waals surface area (Å²) in [6.45, 7) is 1.49. The smallest absolute Gasteiger partial charge is 0.335 e. The number of benzene rings is 2. The second-order valence-corrected chi connectivity index (χ2v) is 8.03. The van der Waals surface area contributed by atoms with Crippen LogP contribution < -0.4 is 4.74 Å². The minimum atomic E-state index is -0.942. The average molecular weight is 438 g/mol. The number of carbonyl (C=O) groups is 1. The predicted octanol–water partition coefficient (Wildman–Crippen LogP) is 5.02. The van der Waals surface area contributed by atoms with Crippen LogP contribution in [0.25, 0.3) is 26.8 Å². The summed E-state index contributed by atoms with van der Waals surface area (Å²) in [5, 5.41) is 14.5. The zero-order valence-corrected chi connectivity index (χ0v) is 18.0. The molecule has 0 saturated heterocycles. The van der Waals surface area contributed by atoms with Crippen molar-refractivity contribution >= 4 is 22.3 Å². The number of hydrogen-bond donors (Lipinski definition) is 1. The molecule has 0 amide bonds. The van der Waals surface area contributed by atoms with Crippen molar-refractivity contribution in [3.8, 4) is 27.6 Å². The van der Waals surface area contributed by atoms with E-state index in [9.17, 15) is 4.79 Å². The summed E-state index contributed by atoms with van der Waals surface area (Å²) in [5.41, 5.74) is 2.88. The number of rotatable bonds is 10. The molecule has 0 saturated carbocycles. The van der Waals surface area contributed by atoms with E-state index in [1.54, 1.807) is 35.9 Å². The summed E-state index contributed by atoms with van der Waals surface area (Å²) in [7, 11) is 1.72. The molecule has 0 fully saturated rings. The molecule has 4 aromatic rings. The van der Waals surface area contributed by atoms with Gasteiger partial charge in [0.15, 0.2) is 0 Å². The van der Waals surface area contributed by atoms with Gasteiger partial charge < -0.3 is 14.6 Å². The summed E-state index contributed by atoms with van der Waals surface area (Å²) >= 11 is 1.50. The predicted molar refractivity (Wildman–Crippen MR) is 120 cm³/mol. The Morgan fingerprint density at radius 1 is 1.00 bits per heavy atom. The molecule has 4 rings (SSSR count). The fourth-order valence-corrected chi connectivity index (χ4v) is 4.04. The molecule has 0 radical (unpaired) electrons. The van der Waals surface area contributed by atoms with Crippen molar-refractivity contribution in [2.75, 3.05) is 20.3 Å². The lowest BCUT2D eigenvalue weighted by Gasteiger charge is -2.06. The number of unbranched alkanes of at least 4 members (excludes halogenated alkanes) is 2. The molecule has 0 bridgehead atoms. The van der Waals surface area contributed by atoms with Gasteiger partial charge in [-0.25, -0.2) is 14.3 Å². The van der Waals surface area contributed by atoms with E-state index in [-0.39, 0.29) is 5.56 Å². The van der Waals surface area contributed by atoms with Gasteiger partial charge in [0.25, 0.3) is 0 Å². The Morgan fingerprint density at radius 3 is 2.39 bits per heavy atom. The quantitative estimate of drug-likeness (QED) is 0.351. The third kappa shape index (κ3) is 5.10. The normalized spacial score (nSPS) is 11.1. The summed E-state index contributed by atoms with van der Waals surface area (Å²) in [6, 6.07) is 14.6. The van der Waals surface area contributed by atoms with Crippen LogP contribution >= 0.6 is 11.3 Å². The zero-order chi connectivity index (χ0) is 21.6. The van der Waals surface area contributed by atoms with Crippen LogP contribution in [0.15, 0.2) is 54.7 Å². The van der Waals surface area contributed by atoms with Crippen LogP contribution in [-0.4, -0.2) is 46.0 Å². The third-order valence-corrected chi connectivity index (χ3v) is 5.81. The fraction of sp³-hybridized carbons (Fsp3) is 0.261. The van der Waals surface area contributed by atoms with Crippen LogP contribution in [0.2, 0.25) is 0 Å². The van der Waals surface area contributed by atoms with Gasteiger partial charge in [0, 0.05) is 24.8 Å². The molecule has 2 aromatic carbocycles. The van der Waals surface area contributed by atoms with Crippen LogP contribution in [0, 0.1) is 0 Å². The van der Waals surface area contributed by atoms with E-state index in [4.69, 9.17) is 14.6 Å². The largest absolute Gasteiger partial charge is 0.494 e. The zero-order valence-electron chi connectivity index (χ0n) is 17.2. The Balaban J connectivity index is 1.40. The maximum atomic E-state index is 11.0. The van der Waals surface area contributed by atoms with E-state index in [2.05, 4.69) is 10.1 Å². The molecule has 0 spiro atoms. The molecule has 8 heteroatoms. The van der Waals surface area contributed by atoms with Gasteiger partial charge >= 0.3 is 5.97 Å². The maximum absolute atomic E-state index is 11.0. The minimum Gasteiger partial charge on any atom is -0.494 e. The Hall–Kier alpha value is -3.23. The van der Waals surface area contributed by atoms with Gasteiger partial charge in [-0.1, -0.05) is 23.5 Å². The summed E-state index contributed by atoms with van der Waals surface area (Å²) in [4.78, 5) is 16.4. The highest BCUT2D eigenvalue weighted by Gasteiger charge is 2.12. The molecular weight excluding hydrogens is 414 g/mol. The number of nitrogens with zero attached hydrogens (tertiary/aromatic N) is 3. The minimum absolute atomic E-state index is 0.253. The van der Waals surface area contributed by atoms with Crippen LogP contribution in [-0.2, 0) is 4.74 Å². The first-order valence-corrected chi connectivity index (χ1v) is 10.9. The van der Waals surface area contributed by atoms with Crippen LogP contribution in [0.1, 0.15) is 29.6 Å². The second-order valence-electron chi connectivity index (χ2n) is 7.07. The molecule has 2 heterocycles. The number of ether oxygens (including phenoxy) is 2. The van der Waals surface area contributed by atoms with Crippen LogP contribution in [0.3, 0.4) is 0 Å². The molecule has 7 nitrogen and oxygen atoms in total. The SMILES string of the molecule is COCCCCCOc1ccc(-c2nn3cc(-c4ccc(C(=O)O)cc4)nc3s2)cc1. The van der Waals surface area contributed by atoms with E-state index in [0.29, 0.717) is 6.61 Å². The van der Waals surface area contributed by atoms with E-state index < -0.39 is 5.97 Å². The van der Waals surface area contributed by atoms with E-state index in [1.165, 1.54) is 11.3 Å². The van der Waals surface area contributed by atoms with Crippen LogP contribution in [0.4, 0.5) is 0 Å². The monoisotopic (exact) mass is 437 g/mol. The number of hydrogen-bond acceptors (Lipinski definition) is 6. The van der Waals surface area contributed by atoms with Crippen molar-refractivity contribution in [3.63, 3.8) is 0 Å². The lowest BCUT2D eigenvalue weighted by molar-refractivity contribution is 0.0697. The topological polar surface area (TPSA) is 86.0 Å². The van der Waals surface area contributed by atoms with Crippen molar-refractivity contribution < 1.29 is 19.4 Å². The van der Waals surface area contributed by atoms with Gasteiger partial charge in [0.1, 0.15) is 10.8 Å². The lowest BCUT2D eigenvalue weighted by atomic mass is 10.1. The van der Waals surface area contributed by atoms with Crippen molar-refractivity contribution in [2.45, 2.75) is 19.3 Å². The van der Waals surface area contributed by atoms with Crippen molar-refractivity contribution in [3.05, 3.63) is 60.3 Å². The van der Waals surface area contributed by atoms with E-state index in [0.717, 1.165) is 58.4 Å². The standard InChI is InChI=1S/C23H23N3O4S/c1-29-13-3-2-4-14-30-19-11-9-17(10-12-19)21-25-26-15-20(24-23(26)31-21)16-5-7-18(8-6-16)22(27)28/h5-12,15H,2-4,13-14H2,1H3,(H,27,28). The number of fused-ring (bicyclic) bond motifs is 1. The molecule has 2 aromatic heterocycles. The van der Waals surface area contributed by atoms with E-state index in [1.807, 2.05) is 30.5 Å². The number of carboxylic acid groups (broad SMARTS) is 1. The molecular formula is C23H23N3O4S. The number of aromatic carboxylic acids is 1. The maximum Gasteiger partial charge on any atom is 0.335 e. The van der Waals surface area contributed by atoms with Gasteiger partial charge in [0.2, 0.25) is 4.96 Å². The number of aromatic nitrogens is 3. The third-order valence-electron chi connectivity index (χ3n) is 4.83. The average Bonchev–Trinajstić information content (AvgIpc) is 3.36. The van der Waals surface area contributed by atoms with Crippen molar-refractivity contribution in [1.29, 1.82) is 0 Å². The molecule has 0 aliphatic carbocycles. The summed E-state index contributed by atoms with van der Waals surface area (Å²) in [6.07, 6.45) is 5.01. The Labute approximate surface area is 183 Å². The van der Waals surface area contributed by atoms with Gasteiger partial charge in [-0.15, -0.1) is 0 Å². The molecule has 0 aliphatic heterocycles. The summed E-state index contributed by atoms with van der Waals surface area (Å²) in [5.74, 6) is -0.0916. The number of carboxylic acids is 1. The molecule has 0 unspecified atom stereocenters. The van der Waals surface area contributed by atoms with Crippen LogP contribution in [0.5, 0.6) is 5.75 Å². The van der Waals surface area contributed by atoms with Gasteiger partial charge in [-0.2, -0.15) is 5.10 Å². The summed E-state index contributed by atoms with van der Waals surface area (Å²) < 4.78 is 12.6. The Kier molecular flexibility index (Phi) is 6.59. The number of imidazole rings is 1. The number of methoxy groups -OCH3 is 1. The van der Waals surface area contributed by atoms with E-state index >= 15 is 0 Å². The van der Waals surface area contributed by atoms with Crippen molar-refractivity contribution in [2.24, 2.45) is 0 Å². The molecule has 31 heavy (non-hydrogen) atoms. The molecule has 160 valence electrons. The highest BCUT2D eigenvalue weighted by atomic mass is 32.1. The second kappa shape index (κ2) is 9.72. The molecule has 0 atom stereocenters. The first kappa shape index (κ1) is 21.0. The first-order valence-electron chi connectivity index (χ1n) is 10.1. The molecule has 0 aliphatic rings. The lowest BCUT2D eigenvalue weighted by Crippen LogP contribution is -1.98. The highest BCUT2D eigenvalue weighted by molar-refractivity contribution is 7.19. The van der Waals surface area contributed by atoms with Gasteiger partial charge in [-0.3, -0.25) is 0 Å². The van der Waals surface area contributed by atoms with Gasteiger partial charge in [0.05, 0.1) is 24.1 Å². The molecule has 1 N–H and O–H groups in total. The first-order chi connectivity index (χ1) is 15.1. The fourth-order valence-electron chi connectivity index (χ4n) is 3.15. The Morgan fingerprint density at radius 2 is 1.71 bits per heavy atom. The van der Waals surface area contributed by atoms with Crippen molar-refractivity contribution in [1.82, 2.24) is 14.6 Å². The van der Waals surface area contributed by atoms with Gasteiger partial charge in [-0.05, 0) is 55.7 Å². The Bertz CT molecular complexity index is 1120.